The van der Waals surface area contributed by atoms with E-state index in [1.807, 2.05) is 24.3 Å². The van der Waals surface area contributed by atoms with Crippen LogP contribution >= 0.6 is 0 Å². The Kier molecular flexibility index (Phi) is 5.94. The molecule has 170 valence electrons. The first kappa shape index (κ1) is 21.7. The Labute approximate surface area is 195 Å². The second-order valence-corrected chi connectivity index (χ2v) is 9.37. The lowest BCUT2D eigenvalue weighted by Crippen LogP contribution is -2.48. The molecule has 1 N–H and O–H groups in total. The molecule has 0 saturated carbocycles. The fourth-order valence-electron chi connectivity index (χ4n) is 5.18. The number of anilines is 1. The largest absolute Gasteiger partial charge is 0.508 e. The van der Waals surface area contributed by atoms with E-state index in [9.17, 15) is 9.50 Å². The molecule has 0 spiro atoms. The molecule has 1 fully saturated rings. The van der Waals surface area contributed by atoms with E-state index in [0.717, 1.165) is 61.3 Å². The minimum atomic E-state index is -0.219. The highest BCUT2D eigenvalue weighted by Crippen LogP contribution is 2.42. The monoisotopic (exact) mass is 442 g/mol. The molecule has 1 aliphatic heterocycles. The van der Waals surface area contributed by atoms with E-state index >= 15 is 0 Å². The third-order valence-corrected chi connectivity index (χ3v) is 7.06. The fourth-order valence-corrected chi connectivity index (χ4v) is 5.18. The summed E-state index contributed by atoms with van der Waals surface area (Å²) in [7, 11) is 0. The SMILES string of the molecule is CC(C)N1CCN(c2ccc(C3=C(c4ccc(F)cc4)CCc4cc(O)ccc43)cc2)CC1. The first-order valence-electron chi connectivity index (χ1n) is 11.9. The maximum atomic E-state index is 13.6. The molecule has 3 nitrogen and oxygen atoms in total. The van der Waals surface area contributed by atoms with E-state index in [-0.39, 0.29) is 5.82 Å². The maximum absolute atomic E-state index is 13.6. The number of hydrogen-bond acceptors (Lipinski definition) is 3. The van der Waals surface area contributed by atoms with E-state index in [1.165, 1.54) is 29.0 Å². The van der Waals surface area contributed by atoms with Gasteiger partial charge in [0, 0.05) is 37.9 Å². The highest BCUT2D eigenvalue weighted by molar-refractivity contribution is 6.01. The number of hydrogen-bond donors (Lipinski definition) is 1. The molecule has 3 aromatic carbocycles. The topological polar surface area (TPSA) is 26.7 Å². The van der Waals surface area contributed by atoms with Gasteiger partial charge < -0.3 is 10.0 Å². The number of phenolic OH excluding ortho intramolecular Hbond substituents is 1. The molecule has 3 aromatic rings. The van der Waals surface area contributed by atoms with Crippen molar-refractivity contribution >= 4 is 16.8 Å². The average Bonchev–Trinajstić information content (AvgIpc) is 2.84. The van der Waals surface area contributed by atoms with Crippen molar-refractivity contribution in [1.82, 2.24) is 4.90 Å². The van der Waals surface area contributed by atoms with Crippen molar-refractivity contribution in [2.45, 2.75) is 32.7 Å². The summed E-state index contributed by atoms with van der Waals surface area (Å²) in [6.45, 7) is 8.80. The number of rotatable bonds is 4. The number of aryl methyl sites for hydroxylation is 1. The van der Waals surface area contributed by atoms with Crippen LogP contribution in [-0.2, 0) is 6.42 Å². The van der Waals surface area contributed by atoms with E-state index < -0.39 is 0 Å². The summed E-state index contributed by atoms with van der Waals surface area (Å²) in [6, 6.07) is 21.9. The maximum Gasteiger partial charge on any atom is 0.123 e. The van der Waals surface area contributed by atoms with Crippen molar-refractivity contribution < 1.29 is 9.50 Å². The molecule has 1 heterocycles. The molecule has 0 unspecified atom stereocenters. The number of aromatic hydroxyl groups is 1. The molecule has 5 rings (SSSR count). The molecular formula is C29H31FN2O. The number of piperazine rings is 1. The van der Waals surface area contributed by atoms with E-state index in [1.54, 1.807) is 6.07 Å². The minimum Gasteiger partial charge on any atom is -0.508 e. The molecule has 2 aliphatic rings. The zero-order valence-corrected chi connectivity index (χ0v) is 19.4. The van der Waals surface area contributed by atoms with Gasteiger partial charge in [-0.2, -0.15) is 0 Å². The van der Waals surface area contributed by atoms with Crippen LogP contribution in [-0.4, -0.2) is 42.2 Å². The summed E-state index contributed by atoms with van der Waals surface area (Å²) < 4.78 is 13.6. The van der Waals surface area contributed by atoms with Crippen LogP contribution in [0.1, 0.15) is 42.5 Å². The highest BCUT2D eigenvalue weighted by atomic mass is 19.1. The van der Waals surface area contributed by atoms with E-state index in [2.05, 4.69) is 47.9 Å². The van der Waals surface area contributed by atoms with Gasteiger partial charge in [-0.1, -0.05) is 30.3 Å². The van der Waals surface area contributed by atoms with Gasteiger partial charge in [0.15, 0.2) is 0 Å². The summed E-state index contributed by atoms with van der Waals surface area (Å²) in [5.74, 6) is 0.0816. The van der Waals surface area contributed by atoms with Gasteiger partial charge in [-0.05, 0) is 96.5 Å². The van der Waals surface area contributed by atoms with Gasteiger partial charge in [-0.15, -0.1) is 0 Å². The van der Waals surface area contributed by atoms with Gasteiger partial charge >= 0.3 is 0 Å². The first-order chi connectivity index (χ1) is 16.0. The van der Waals surface area contributed by atoms with Gasteiger partial charge in [0.25, 0.3) is 0 Å². The van der Waals surface area contributed by atoms with Crippen LogP contribution in [0.15, 0.2) is 66.7 Å². The average molecular weight is 443 g/mol. The molecule has 0 bridgehead atoms. The first-order valence-corrected chi connectivity index (χ1v) is 11.9. The highest BCUT2D eigenvalue weighted by Gasteiger charge is 2.23. The lowest BCUT2D eigenvalue weighted by Gasteiger charge is -2.38. The zero-order chi connectivity index (χ0) is 22.9. The van der Waals surface area contributed by atoms with Crippen molar-refractivity contribution in [2.24, 2.45) is 0 Å². The van der Waals surface area contributed by atoms with Crippen molar-refractivity contribution in [3.05, 3.63) is 94.8 Å². The summed E-state index contributed by atoms with van der Waals surface area (Å²) in [6.07, 6.45) is 1.72. The standard InChI is InChI=1S/C29H31FN2O/c1-20(2)31-15-17-32(18-16-31)25-10-5-22(6-11-25)29-27(21-3-8-24(30)9-4-21)13-7-23-19-26(33)12-14-28(23)29/h3-6,8-12,14,19-20,33H,7,13,15-18H2,1-2H3. The predicted octanol–water partition coefficient (Wildman–Crippen LogP) is 5.97. The molecule has 4 heteroatoms. The van der Waals surface area contributed by atoms with Gasteiger partial charge in [-0.3, -0.25) is 4.90 Å². The lowest BCUT2D eigenvalue weighted by molar-refractivity contribution is 0.209. The van der Waals surface area contributed by atoms with Crippen LogP contribution in [0.2, 0.25) is 0 Å². The number of halogens is 1. The normalized spacial score (nSPS) is 16.9. The molecule has 1 aliphatic carbocycles. The van der Waals surface area contributed by atoms with Crippen molar-refractivity contribution in [3.63, 3.8) is 0 Å². The molecule has 0 amide bonds. The Bertz CT molecular complexity index is 1160. The Morgan fingerprint density at radius 1 is 0.788 bits per heavy atom. The predicted molar refractivity (Wildman–Crippen MR) is 134 cm³/mol. The summed E-state index contributed by atoms with van der Waals surface area (Å²) in [5.41, 5.74) is 8.18. The van der Waals surface area contributed by atoms with Crippen molar-refractivity contribution in [2.75, 3.05) is 31.1 Å². The lowest BCUT2D eigenvalue weighted by atomic mass is 9.79. The quantitative estimate of drug-likeness (QED) is 0.539. The van der Waals surface area contributed by atoms with E-state index in [4.69, 9.17) is 0 Å². The van der Waals surface area contributed by atoms with Gasteiger partial charge in [0.2, 0.25) is 0 Å². The van der Waals surface area contributed by atoms with Gasteiger partial charge in [0.05, 0.1) is 0 Å². The smallest absolute Gasteiger partial charge is 0.123 e. The van der Waals surface area contributed by atoms with Crippen molar-refractivity contribution in [3.8, 4) is 5.75 Å². The second-order valence-electron chi connectivity index (χ2n) is 9.37. The number of nitrogens with zero attached hydrogens (tertiary/aromatic N) is 2. The Morgan fingerprint density at radius 3 is 2.12 bits per heavy atom. The number of allylic oxidation sites excluding steroid dienone is 1. The Balaban J connectivity index is 1.51. The zero-order valence-electron chi connectivity index (χ0n) is 19.4. The molecule has 0 radical (unpaired) electrons. The summed E-state index contributed by atoms with van der Waals surface area (Å²) in [4.78, 5) is 4.99. The third-order valence-electron chi connectivity index (χ3n) is 7.06. The molecular weight excluding hydrogens is 411 g/mol. The van der Waals surface area contributed by atoms with Crippen LogP contribution < -0.4 is 4.90 Å². The van der Waals surface area contributed by atoms with Gasteiger partial charge in [0.1, 0.15) is 11.6 Å². The number of fused-ring (bicyclic) bond motifs is 1. The van der Waals surface area contributed by atoms with Gasteiger partial charge in [-0.25, -0.2) is 4.39 Å². The number of phenols is 1. The molecule has 33 heavy (non-hydrogen) atoms. The summed E-state index contributed by atoms with van der Waals surface area (Å²) >= 11 is 0. The second kappa shape index (κ2) is 9.03. The van der Waals surface area contributed by atoms with Crippen LogP contribution in [0.4, 0.5) is 10.1 Å². The van der Waals surface area contributed by atoms with Crippen LogP contribution in [0.3, 0.4) is 0 Å². The number of benzene rings is 3. The van der Waals surface area contributed by atoms with Crippen molar-refractivity contribution in [1.29, 1.82) is 0 Å². The molecule has 0 atom stereocenters. The fraction of sp³-hybridized carbons (Fsp3) is 0.310. The van der Waals surface area contributed by atoms with Crippen LogP contribution in [0, 0.1) is 5.82 Å². The summed E-state index contributed by atoms with van der Waals surface area (Å²) in [5, 5.41) is 10.0. The van der Waals surface area contributed by atoms with Crippen LogP contribution in [0.25, 0.3) is 11.1 Å². The van der Waals surface area contributed by atoms with E-state index in [0.29, 0.717) is 11.8 Å². The minimum absolute atomic E-state index is 0.219. The van der Waals surface area contributed by atoms with Crippen LogP contribution in [0.5, 0.6) is 5.75 Å². The Hall–Kier alpha value is -3.11. The molecule has 1 saturated heterocycles. The third kappa shape index (κ3) is 4.40. The Morgan fingerprint density at radius 2 is 1.45 bits per heavy atom. The molecule has 0 aromatic heterocycles.